The highest BCUT2D eigenvalue weighted by Crippen LogP contribution is 2.34. The second kappa shape index (κ2) is 6.36. The summed E-state index contributed by atoms with van der Waals surface area (Å²) in [5, 5.41) is 15.4. The highest BCUT2D eigenvalue weighted by atomic mass is 16.6. The zero-order valence-corrected chi connectivity index (χ0v) is 12.1. The molecule has 0 bridgehead atoms. The highest BCUT2D eigenvalue weighted by Gasteiger charge is 2.27. The fourth-order valence-electron chi connectivity index (χ4n) is 2.07. The highest BCUT2D eigenvalue weighted by molar-refractivity contribution is 5.48. The van der Waals surface area contributed by atoms with E-state index in [9.17, 15) is 10.1 Å². The van der Waals surface area contributed by atoms with Gasteiger partial charge < -0.3 is 10.5 Å². The van der Waals surface area contributed by atoms with Crippen LogP contribution in [0.3, 0.4) is 0 Å². The molecule has 0 radical (unpaired) electrons. The first-order chi connectivity index (χ1) is 10.1. The Kier molecular flexibility index (Phi) is 4.54. The molecule has 0 spiro atoms. The van der Waals surface area contributed by atoms with Gasteiger partial charge in [0.1, 0.15) is 11.4 Å². The van der Waals surface area contributed by atoms with Gasteiger partial charge in [0.2, 0.25) is 0 Å². The lowest BCUT2D eigenvalue weighted by molar-refractivity contribution is -0.386. The molecule has 0 unspecified atom stereocenters. The van der Waals surface area contributed by atoms with Crippen LogP contribution in [0.5, 0.6) is 11.6 Å². The van der Waals surface area contributed by atoms with Crippen LogP contribution in [0, 0.1) is 17.0 Å². The fraction of sp³-hybridized carbons (Fsp3) is 0.357. The molecule has 0 saturated carbocycles. The lowest BCUT2D eigenvalue weighted by atomic mass is 10.2. The van der Waals surface area contributed by atoms with Crippen molar-refractivity contribution in [1.29, 1.82) is 0 Å². The van der Waals surface area contributed by atoms with Gasteiger partial charge in [0, 0.05) is 13.1 Å². The minimum absolute atomic E-state index is 0.0957. The van der Waals surface area contributed by atoms with Crippen LogP contribution in [-0.4, -0.2) is 14.7 Å². The molecule has 0 aliphatic heterocycles. The van der Waals surface area contributed by atoms with E-state index in [2.05, 4.69) is 5.10 Å². The number of ether oxygens (including phenoxy) is 1. The van der Waals surface area contributed by atoms with E-state index < -0.39 is 4.92 Å². The average molecular weight is 290 g/mol. The summed E-state index contributed by atoms with van der Waals surface area (Å²) in [6, 6.07) is 7.18. The summed E-state index contributed by atoms with van der Waals surface area (Å²) >= 11 is 0. The molecule has 2 N–H and O–H groups in total. The van der Waals surface area contributed by atoms with Crippen LogP contribution in [0.1, 0.15) is 24.6 Å². The summed E-state index contributed by atoms with van der Waals surface area (Å²) in [6.07, 6.45) is 0.803. The summed E-state index contributed by atoms with van der Waals surface area (Å²) in [5.74, 6) is 0.673. The molecule has 0 amide bonds. The van der Waals surface area contributed by atoms with E-state index in [4.69, 9.17) is 10.5 Å². The molecule has 0 atom stereocenters. The van der Waals surface area contributed by atoms with Gasteiger partial charge >= 0.3 is 5.69 Å². The number of hydrogen-bond donors (Lipinski definition) is 1. The average Bonchev–Trinajstić information content (AvgIpc) is 2.75. The zero-order valence-electron chi connectivity index (χ0n) is 12.1. The maximum Gasteiger partial charge on any atom is 0.353 e. The van der Waals surface area contributed by atoms with Gasteiger partial charge in [-0.15, -0.1) is 0 Å². The van der Waals surface area contributed by atoms with Crippen LogP contribution in [0.15, 0.2) is 24.3 Å². The lowest BCUT2D eigenvalue weighted by Crippen LogP contribution is -2.03. The van der Waals surface area contributed by atoms with Crippen molar-refractivity contribution in [2.45, 2.75) is 33.4 Å². The van der Waals surface area contributed by atoms with Crippen LogP contribution >= 0.6 is 0 Å². The van der Waals surface area contributed by atoms with Crippen LogP contribution < -0.4 is 10.5 Å². The van der Waals surface area contributed by atoms with Crippen molar-refractivity contribution in [3.05, 3.63) is 45.6 Å². The number of benzene rings is 1. The van der Waals surface area contributed by atoms with E-state index in [0.717, 1.165) is 12.0 Å². The van der Waals surface area contributed by atoms with Gasteiger partial charge in [-0.2, -0.15) is 5.10 Å². The van der Waals surface area contributed by atoms with Gasteiger partial charge in [-0.05, 0) is 31.0 Å². The quantitative estimate of drug-likeness (QED) is 0.651. The number of aryl methyl sites for hydroxylation is 2. The maximum atomic E-state index is 11.2. The Labute approximate surface area is 122 Å². The Morgan fingerprint density at radius 1 is 1.48 bits per heavy atom. The van der Waals surface area contributed by atoms with Crippen molar-refractivity contribution in [3.8, 4) is 11.6 Å². The minimum Gasteiger partial charge on any atom is -0.434 e. The van der Waals surface area contributed by atoms with Crippen molar-refractivity contribution in [2.24, 2.45) is 5.73 Å². The van der Waals surface area contributed by atoms with Crippen LogP contribution in [0.2, 0.25) is 0 Å². The van der Waals surface area contributed by atoms with Crippen LogP contribution in [0.4, 0.5) is 5.69 Å². The molecular weight excluding hydrogens is 272 g/mol. The molecule has 1 aromatic carbocycles. The normalized spacial score (nSPS) is 10.6. The van der Waals surface area contributed by atoms with E-state index in [1.54, 1.807) is 25.1 Å². The smallest absolute Gasteiger partial charge is 0.353 e. The van der Waals surface area contributed by atoms with Gasteiger partial charge in [-0.25, -0.2) is 4.68 Å². The molecule has 0 saturated heterocycles. The van der Waals surface area contributed by atoms with Crippen molar-refractivity contribution in [3.63, 3.8) is 0 Å². The molecule has 1 heterocycles. The van der Waals surface area contributed by atoms with E-state index in [1.165, 1.54) is 4.68 Å². The van der Waals surface area contributed by atoms with E-state index >= 15 is 0 Å². The van der Waals surface area contributed by atoms with Gasteiger partial charge in [0.15, 0.2) is 0 Å². The second-order valence-electron chi connectivity index (χ2n) is 4.67. The number of rotatable bonds is 6. The molecule has 0 fully saturated rings. The van der Waals surface area contributed by atoms with Crippen molar-refractivity contribution in [1.82, 2.24) is 9.78 Å². The second-order valence-corrected chi connectivity index (χ2v) is 4.67. The third-order valence-corrected chi connectivity index (χ3v) is 3.02. The molecule has 2 aromatic rings. The molecule has 112 valence electrons. The predicted octanol–water partition coefficient (Wildman–Crippen LogP) is 2.76. The molecule has 2 rings (SSSR count). The topological polar surface area (TPSA) is 96.2 Å². The van der Waals surface area contributed by atoms with Gasteiger partial charge in [-0.1, -0.05) is 19.1 Å². The molecule has 0 aliphatic carbocycles. The molecule has 7 heteroatoms. The van der Waals surface area contributed by atoms with Gasteiger partial charge in [0.05, 0.1) is 4.92 Å². The first kappa shape index (κ1) is 15.0. The van der Waals surface area contributed by atoms with Crippen molar-refractivity contribution < 1.29 is 9.66 Å². The summed E-state index contributed by atoms with van der Waals surface area (Å²) in [5.41, 5.74) is 6.74. The first-order valence-corrected chi connectivity index (χ1v) is 6.75. The third kappa shape index (κ3) is 3.19. The summed E-state index contributed by atoms with van der Waals surface area (Å²) < 4.78 is 7.25. The largest absolute Gasteiger partial charge is 0.434 e. The fourth-order valence-corrected chi connectivity index (χ4v) is 2.07. The van der Waals surface area contributed by atoms with Gasteiger partial charge in [-0.3, -0.25) is 10.1 Å². The van der Waals surface area contributed by atoms with E-state index in [0.29, 0.717) is 24.5 Å². The summed E-state index contributed by atoms with van der Waals surface area (Å²) in [6.45, 7) is 4.52. The van der Waals surface area contributed by atoms with Crippen molar-refractivity contribution in [2.75, 3.05) is 0 Å². The summed E-state index contributed by atoms with van der Waals surface area (Å²) in [7, 11) is 0. The number of aromatic nitrogens is 2. The first-order valence-electron chi connectivity index (χ1n) is 6.75. The third-order valence-electron chi connectivity index (χ3n) is 3.02. The molecule has 0 aliphatic rings. The van der Waals surface area contributed by atoms with Gasteiger partial charge in [0.25, 0.3) is 5.88 Å². The number of nitrogens with zero attached hydrogens (tertiary/aromatic N) is 3. The molecule has 7 nitrogen and oxygen atoms in total. The predicted molar refractivity (Wildman–Crippen MR) is 78.3 cm³/mol. The van der Waals surface area contributed by atoms with Crippen molar-refractivity contribution >= 4 is 5.69 Å². The monoisotopic (exact) mass is 290 g/mol. The Morgan fingerprint density at radius 3 is 2.86 bits per heavy atom. The molecule has 21 heavy (non-hydrogen) atoms. The van der Waals surface area contributed by atoms with Crippen LogP contribution in [-0.2, 0) is 13.1 Å². The standard InChI is InChI=1S/C14H18N4O3/c1-3-7-17-14(13(18(19)20)10(2)16-17)21-12-6-4-5-11(8-12)9-15/h4-6,8H,3,7,9,15H2,1-2H3. The Morgan fingerprint density at radius 2 is 2.24 bits per heavy atom. The Bertz CT molecular complexity index is 652. The molecule has 1 aromatic heterocycles. The number of nitrogens with two attached hydrogens (primary N) is 1. The SMILES string of the molecule is CCCn1nc(C)c([N+](=O)[O-])c1Oc1cccc(CN)c1. The lowest BCUT2D eigenvalue weighted by Gasteiger charge is -2.08. The zero-order chi connectivity index (χ0) is 15.4. The van der Waals surface area contributed by atoms with Crippen LogP contribution in [0.25, 0.3) is 0 Å². The Balaban J connectivity index is 2.43. The number of nitro groups is 1. The number of hydrogen-bond acceptors (Lipinski definition) is 5. The Hall–Kier alpha value is -2.41. The van der Waals surface area contributed by atoms with E-state index in [-0.39, 0.29) is 11.6 Å². The summed E-state index contributed by atoms with van der Waals surface area (Å²) in [4.78, 5) is 10.8. The maximum absolute atomic E-state index is 11.2. The minimum atomic E-state index is -0.462. The molecular formula is C14H18N4O3. The van der Waals surface area contributed by atoms with E-state index in [1.807, 2.05) is 13.0 Å².